The summed E-state index contributed by atoms with van der Waals surface area (Å²) in [4.78, 5) is 14.2. The number of nitrogens with zero attached hydrogens (tertiary/aromatic N) is 1. The molecule has 2 heterocycles. The fourth-order valence-corrected chi connectivity index (χ4v) is 2.81. The molecule has 2 unspecified atom stereocenters. The number of fused-ring (bicyclic) bond motifs is 1. The molecule has 5 nitrogen and oxygen atoms in total. The van der Waals surface area contributed by atoms with Gasteiger partial charge in [-0.15, -0.1) is 0 Å². The van der Waals surface area contributed by atoms with Crippen molar-refractivity contribution in [2.45, 2.75) is 13.5 Å². The predicted octanol–water partition coefficient (Wildman–Crippen LogP) is 1.23. The van der Waals surface area contributed by atoms with E-state index in [1.807, 2.05) is 25.2 Å². The van der Waals surface area contributed by atoms with Crippen LogP contribution in [0.2, 0.25) is 0 Å². The zero-order chi connectivity index (χ0) is 14.1. The summed E-state index contributed by atoms with van der Waals surface area (Å²) in [6.07, 6.45) is 0. The number of carbonyl (C=O) groups excluding carboxylic acids is 1. The quantitative estimate of drug-likeness (QED) is 0.902. The van der Waals surface area contributed by atoms with Crippen LogP contribution in [-0.4, -0.2) is 37.7 Å². The second-order valence-corrected chi connectivity index (χ2v) is 5.62. The van der Waals surface area contributed by atoms with Gasteiger partial charge in [0.05, 0.1) is 5.92 Å². The van der Waals surface area contributed by atoms with Crippen molar-refractivity contribution in [1.82, 2.24) is 10.2 Å². The number of ether oxygens (including phenoxy) is 2. The molecular formula is C15H20N2O3. The van der Waals surface area contributed by atoms with Crippen LogP contribution in [0.5, 0.6) is 11.5 Å². The second-order valence-electron chi connectivity index (χ2n) is 5.62. The van der Waals surface area contributed by atoms with Crippen molar-refractivity contribution in [1.29, 1.82) is 0 Å². The van der Waals surface area contributed by atoms with E-state index in [2.05, 4.69) is 12.2 Å². The molecule has 20 heavy (non-hydrogen) atoms. The van der Waals surface area contributed by atoms with Crippen LogP contribution in [0.4, 0.5) is 0 Å². The molecule has 2 aliphatic rings. The van der Waals surface area contributed by atoms with E-state index in [0.29, 0.717) is 12.5 Å². The normalized spacial score (nSPS) is 23.9. The lowest BCUT2D eigenvalue weighted by Gasteiger charge is -2.23. The van der Waals surface area contributed by atoms with Gasteiger partial charge in [0.1, 0.15) is 0 Å². The maximum atomic E-state index is 12.4. The summed E-state index contributed by atoms with van der Waals surface area (Å²) in [7, 11) is 1.86. The van der Waals surface area contributed by atoms with Crippen LogP contribution in [-0.2, 0) is 11.3 Å². The highest BCUT2D eigenvalue weighted by Crippen LogP contribution is 2.32. The van der Waals surface area contributed by atoms with Gasteiger partial charge in [-0.2, -0.15) is 0 Å². The van der Waals surface area contributed by atoms with Crippen molar-refractivity contribution in [2.24, 2.45) is 11.8 Å². The highest BCUT2D eigenvalue weighted by molar-refractivity contribution is 5.79. The molecule has 1 aromatic carbocycles. The van der Waals surface area contributed by atoms with Crippen LogP contribution in [0.15, 0.2) is 18.2 Å². The third kappa shape index (κ3) is 2.45. The number of rotatable bonds is 3. The zero-order valence-corrected chi connectivity index (χ0v) is 11.9. The van der Waals surface area contributed by atoms with Crippen molar-refractivity contribution < 1.29 is 14.3 Å². The molecule has 0 bridgehead atoms. The summed E-state index contributed by atoms with van der Waals surface area (Å²) in [6.45, 7) is 4.70. The van der Waals surface area contributed by atoms with E-state index in [-0.39, 0.29) is 18.6 Å². The minimum absolute atomic E-state index is 0.0917. The SMILES string of the molecule is CC1CNCC1C(=O)N(C)Cc1ccc2c(c1)OCO2. The Kier molecular flexibility index (Phi) is 3.53. The predicted molar refractivity (Wildman–Crippen MR) is 74.6 cm³/mol. The van der Waals surface area contributed by atoms with Crippen molar-refractivity contribution in [2.75, 3.05) is 26.9 Å². The number of amides is 1. The Balaban J connectivity index is 1.66. The molecule has 1 saturated heterocycles. The Morgan fingerprint density at radius 2 is 2.15 bits per heavy atom. The molecule has 0 aliphatic carbocycles. The smallest absolute Gasteiger partial charge is 0.231 e. The van der Waals surface area contributed by atoms with Gasteiger partial charge in [-0.05, 0) is 30.2 Å². The molecule has 1 amide bonds. The molecule has 1 fully saturated rings. The van der Waals surface area contributed by atoms with Crippen LogP contribution in [0.1, 0.15) is 12.5 Å². The summed E-state index contributed by atoms with van der Waals surface area (Å²) in [5.74, 6) is 2.24. The van der Waals surface area contributed by atoms with E-state index in [1.54, 1.807) is 4.90 Å². The lowest BCUT2D eigenvalue weighted by atomic mass is 9.96. The Labute approximate surface area is 118 Å². The van der Waals surface area contributed by atoms with E-state index in [9.17, 15) is 4.79 Å². The first-order valence-electron chi connectivity index (χ1n) is 6.99. The zero-order valence-electron chi connectivity index (χ0n) is 11.9. The summed E-state index contributed by atoms with van der Waals surface area (Å²) in [5, 5.41) is 3.27. The summed E-state index contributed by atoms with van der Waals surface area (Å²) in [5.41, 5.74) is 1.06. The molecule has 2 atom stereocenters. The van der Waals surface area contributed by atoms with Crippen LogP contribution < -0.4 is 14.8 Å². The molecule has 108 valence electrons. The standard InChI is InChI=1S/C15H20N2O3/c1-10-6-16-7-12(10)15(18)17(2)8-11-3-4-13-14(5-11)20-9-19-13/h3-5,10,12,16H,6-9H2,1-2H3. The molecule has 1 N–H and O–H groups in total. The van der Waals surface area contributed by atoms with Crippen LogP contribution in [0.25, 0.3) is 0 Å². The van der Waals surface area contributed by atoms with E-state index < -0.39 is 0 Å². The third-order valence-electron chi connectivity index (χ3n) is 4.07. The summed E-state index contributed by atoms with van der Waals surface area (Å²) in [6, 6.07) is 5.83. The van der Waals surface area contributed by atoms with Gasteiger partial charge >= 0.3 is 0 Å². The summed E-state index contributed by atoms with van der Waals surface area (Å²) < 4.78 is 10.7. The number of carbonyl (C=O) groups is 1. The van der Waals surface area contributed by atoms with Gasteiger partial charge in [-0.25, -0.2) is 0 Å². The van der Waals surface area contributed by atoms with E-state index >= 15 is 0 Å². The third-order valence-corrected chi connectivity index (χ3v) is 4.07. The first-order valence-corrected chi connectivity index (χ1v) is 6.99. The fourth-order valence-electron chi connectivity index (χ4n) is 2.81. The molecule has 0 saturated carbocycles. The number of hydrogen-bond donors (Lipinski definition) is 1. The van der Waals surface area contributed by atoms with Gasteiger partial charge in [-0.1, -0.05) is 13.0 Å². The molecule has 0 spiro atoms. The van der Waals surface area contributed by atoms with Crippen molar-refractivity contribution in [3.05, 3.63) is 23.8 Å². The fraction of sp³-hybridized carbons (Fsp3) is 0.533. The highest BCUT2D eigenvalue weighted by Gasteiger charge is 2.31. The number of nitrogens with one attached hydrogen (secondary N) is 1. The van der Waals surface area contributed by atoms with Gasteiger partial charge in [0.25, 0.3) is 0 Å². The first-order chi connectivity index (χ1) is 9.65. The molecule has 3 rings (SSSR count). The molecule has 5 heteroatoms. The molecule has 0 radical (unpaired) electrons. The van der Waals surface area contributed by atoms with E-state index in [0.717, 1.165) is 30.2 Å². The molecule has 2 aliphatic heterocycles. The molecule has 0 aromatic heterocycles. The van der Waals surface area contributed by atoms with Crippen LogP contribution in [0.3, 0.4) is 0 Å². The van der Waals surface area contributed by atoms with Crippen LogP contribution in [0, 0.1) is 11.8 Å². The maximum absolute atomic E-state index is 12.4. The van der Waals surface area contributed by atoms with E-state index in [4.69, 9.17) is 9.47 Å². The van der Waals surface area contributed by atoms with Gasteiger partial charge in [0.15, 0.2) is 11.5 Å². The molecular weight excluding hydrogens is 256 g/mol. The minimum atomic E-state index is 0.0917. The Morgan fingerprint density at radius 3 is 2.90 bits per heavy atom. The summed E-state index contributed by atoms with van der Waals surface area (Å²) >= 11 is 0. The van der Waals surface area contributed by atoms with E-state index in [1.165, 1.54) is 0 Å². The highest BCUT2D eigenvalue weighted by atomic mass is 16.7. The topological polar surface area (TPSA) is 50.8 Å². The van der Waals surface area contributed by atoms with Crippen molar-refractivity contribution in [3.8, 4) is 11.5 Å². The van der Waals surface area contributed by atoms with Crippen molar-refractivity contribution in [3.63, 3.8) is 0 Å². The second kappa shape index (κ2) is 5.32. The van der Waals surface area contributed by atoms with Gasteiger partial charge in [-0.3, -0.25) is 4.79 Å². The average Bonchev–Trinajstić information content (AvgIpc) is 3.05. The lowest BCUT2D eigenvalue weighted by Crippen LogP contribution is -2.35. The van der Waals surface area contributed by atoms with Crippen molar-refractivity contribution >= 4 is 5.91 Å². The maximum Gasteiger partial charge on any atom is 0.231 e. The number of hydrogen-bond acceptors (Lipinski definition) is 4. The monoisotopic (exact) mass is 276 g/mol. The minimum Gasteiger partial charge on any atom is -0.454 e. The van der Waals surface area contributed by atoms with Gasteiger partial charge in [0.2, 0.25) is 12.7 Å². The average molecular weight is 276 g/mol. The Bertz CT molecular complexity index is 518. The van der Waals surface area contributed by atoms with Gasteiger partial charge < -0.3 is 19.7 Å². The number of benzene rings is 1. The Hall–Kier alpha value is -1.75. The Morgan fingerprint density at radius 1 is 1.35 bits per heavy atom. The van der Waals surface area contributed by atoms with Crippen LogP contribution >= 0.6 is 0 Å². The van der Waals surface area contributed by atoms with Gasteiger partial charge in [0, 0.05) is 20.1 Å². The molecule has 1 aromatic rings. The largest absolute Gasteiger partial charge is 0.454 e. The first kappa shape index (κ1) is 13.2. The lowest BCUT2D eigenvalue weighted by molar-refractivity contribution is -0.135.